The van der Waals surface area contributed by atoms with Crippen molar-refractivity contribution >= 4 is 10.8 Å². The van der Waals surface area contributed by atoms with Crippen molar-refractivity contribution in [2.24, 2.45) is 0 Å². The molecule has 1 heterocycles. The SMILES string of the molecule is c1ccc(CN2CC[C@@H](NCc3ccc4ccccc4c3)C2)cc1. The van der Waals surface area contributed by atoms with Crippen LogP contribution in [-0.4, -0.2) is 24.0 Å². The molecule has 1 atom stereocenters. The van der Waals surface area contributed by atoms with Crippen LogP contribution >= 0.6 is 0 Å². The second-order valence-electron chi connectivity index (χ2n) is 6.77. The smallest absolute Gasteiger partial charge is 0.0234 e. The Kier molecular flexibility index (Phi) is 4.59. The Morgan fingerprint density at radius 1 is 0.833 bits per heavy atom. The number of nitrogens with one attached hydrogen (secondary N) is 1. The minimum absolute atomic E-state index is 0.597. The second-order valence-corrected chi connectivity index (χ2v) is 6.77. The molecule has 24 heavy (non-hydrogen) atoms. The van der Waals surface area contributed by atoms with Crippen LogP contribution in [0.1, 0.15) is 17.5 Å². The summed E-state index contributed by atoms with van der Waals surface area (Å²) in [5, 5.41) is 6.38. The number of rotatable bonds is 5. The lowest BCUT2D eigenvalue weighted by molar-refractivity contribution is 0.320. The first-order chi connectivity index (χ1) is 11.9. The van der Waals surface area contributed by atoms with E-state index in [0.717, 1.165) is 19.6 Å². The fourth-order valence-corrected chi connectivity index (χ4v) is 3.60. The van der Waals surface area contributed by atoms with Crippen LogP contribution in [0.25, 0.3) is 10.8 Å². The summed E-state index contributed by atoms with van der Waals surface area (Å²) in [6, 6.07) is 26.7. The molecular weight excluding hydrogens is 292 g/mol. The van der Waals surface area contributed by atoms with E-state index < -0.39 is 0 Å². The Balaban J connectivity index is 1.31. The average molecular weight is 316 g/mol. The standard InChI is InChI=1S/C22H24N2/c1-2-6-18(7-3-1)16-24-13-12-22(17-24)23-15-19-10-11-20-8-4-5-9-21(20)14-19/h1-11,14,22-23H,12-13,15-17H2/t22-/m1/s1. The van der Waals surface area contributed by atoms with Gasteiger partial charge in [-0.2, -0.15) is 0 Å². The zero-order chi connectivity index (χ0) is 16.2. The zero-order valence-electron chi connectivity index (χ0n) is 14.0. The molecule has 0 saturated carbocycles. The van der Waals surface area contributed by atoms with E-state index in [9.17, 15) is 0 Å². The molecule has 0 radical (unpaired) electrons. The van der Waals surface area contributed by atoms with E-state index in [2.05, 4.69) is 83.0 Å². The molecule has 1 aliphatic heterocycles. The molecule has 1 fully saturated rings. The van der Waals surface area contributed by atoms with Gasteiger partial charge in [0.15, 0.2) is 0 Å². The molecule has 0 bridgehead atoms. The summed E-state index contributed by atoms with van der Waals surface area (Å²) < 4.78 is 0. The highest BCUT2D eigenvalue weighted by atomic mass is 15.2. The van der Waals surface area contributed by atoms with Gasteiger partial charge in [-0.15, -0.1) is 0 Å². The molecule has 3 aromatic carbocycles. The van der Waals surface area contributed by atoms with Crippen molar-refractivity contribution in [1.82, 2.24) is 10.2 Å². The van der Waals surface area contributed by atoms with Gasteiger partial charge < -0.3 is 5.32 Å². The van der Waals surface area contributed by atoms with Crippen molar-refractivity contribution in [3.63, 3.8) is 0 Å². The van der Waals surface area contributed by atoms with Gasteiger partial charge >= 0.3 is 0 Å². The molecule has 1 saturated heterocycles. The number of fused-ring (bicyclic) bond motifs is 1. The van der Waals surface area contributed by atoms with Crippen LogP contribution in [0.2, 0.25) is 0 Å². The monoisotopic (exact) mass is 316 g/mol. The number of hydrogen-bond donors (Lipinski definition) is 1. The fraction of sp³-hybridized carbons (Fsp3) is 0.273. The van der Waals surface area contributed by atoms with E-state index in [1.807, 2.05) is 0 Å². The molecule has 122 valence electrons. The molecule has 0 aromatic heterocycles. The first kappa shape index (κ1) is 15.4. The predicted octanol–water partition coefficient (Wildman–Crippen LogP) is 4.20. The third-order valence-corrected chi connectivity index (χ3v) is 4.93. The van der Waals surface area contributed by atoms with E-state index in [1.165, 1.54) is 34.9 Å². The highest BCUT2D eigenvalue weighted by Crippen LogP contribution is 2.17. The van der Waals surface area contributed by atoms with Crippen LogP contribution in [0.5, 0.6) is 0 Å². The van der Waals surface area contributed by atoms with Gasteiger partial charge in [-0.3, -0.25) is 4.90 Å². The van der Waals surface area contributed by atoms with Crippen LogP contribution in [0.3, 0.4) is 0 Å². The molecule has 1 N–H and O–H groups in total. The Morgan fingerprint density at radius 3 is 2.50 bits per heavy atom. The lowest BCUT2D eigenvalue weighted by atomic mass is 10.1. The van der Waals surface area contributed by atoms with Crippen molar-refractivity contribution in [2.45, 2.75) is 25.6 Å². The quantitative estimate of drug-likeness (QED) is 0.759. The molecule has 1 aliphatic rings. The molecule has 0 spiro atoms. The van der Waals surface area contributed by atoms with Crippen molar-refractivity contribution < 1.29 is 0 Å². The fourth-order valence-electron chi connectivity index (χ4n) is 3.60. The molecule has 4 rings (SSSR count). The number of benzene rings is 3. The summed E-state index contributed by atoms with van der Waals surface area (Å²) in [7, 11) is 0. The summed E-state index contributed by atoms with van der Waals surface area (Å²) in [5.41, 5.74) is 2.78. The molecule has 0 aliphatic carbocycles. The summed E-state index contributed by atoms with van der Waals surface area (Å²) in [4.78, 5) is 2.55. The van der Waals surface area contributed by atoms with Gasteiger partial charge in [0.05, 0.1) is 0 Å². The van der Waals surface area contributed by atoms with E-state index in [-0.39, 0.29) is 0 Å². The van der Waals surface area contributed by atoms with Crippen LogP contribution in [0.15, 0.2) is 72.8 Å². The normalized spacial score (nSPS) is 18.2. The third kappa shape index (κ3) is 3.66. The largest absolute Gasteiger partial charge is 0.309 e. The lowest BCUT2D eigenvalue weighted by Crippen LogP contribution is -2.31. The molecule has 0 amide bonds. The van der Waals surface area contributed by atoms with Crippen molar-refractivity contribution in [3.05, 3.63) is 83.9 Å². The Labute approximate surface area is 144 Å². The highest BCUT2D eigenvalue weighted by Gasteiger charge is 2.21. The maximum Gasteiger partial charge on any atom is 0.0234 e. The maximum atomic E-state index is 3.74. The van der Waals surface area contributed by atoms with Gasteiger partial charge in [-0.1, -0.05) is 66.7 Å². The van der Waals surface area contributed by atoms with Crippen LogP contribution in [-0.2, 0) is 13.1 Å². The maximum absolute atomic E-state index is 3.74. The predicted molar refractivity (Wildman–Crippen MR) is 101 cm³/mol. The molecule has 3 aromatic rings. The van der Waals surface area contributed by atoms with Gasteiger partial charge in [0.25, 0.3) is 0 Å². The van der Waals surface area contributed by atoms with E-state index in [1.54, 1.807) is 0 Å². The average Bonchev–Trinajstić information content (AvgIpc) is 3.08. The van der Waals surface area contributed by atoms with Crippen molar-refractivity contribution in [1.29, 1.82) is 0 Å². The van der Waals surface area contributed by atoms with E-state index in [4.69, 9.17) is 0 Å². The molecular formula is C22H24N2. The van der Waals surface area contributed by atoms with Gasteiger partial charge in [0.1, 0.15) is 0 Å². The van der Waals surface area contributed by atoms with Gasteiger partial charge in [0.2, 0.25) is 0 Å². The van der Waals surface area contributed by atoms with Crippen LogP contribution in [0, 0.1) is 0 Å². The minimum Gasteiger partial charge on any atom is -0.309 e. The zero-order valence-corrected chi connectivity index (χ0v) is 14.0. The second kappa shape index (κ2) is 7.16. The van der Waals surface area contributed by atoms with Crippen molar-refractivity contribution in [3.8, 4) is 0 Å². The Hall–Kier alpha value is -2.16. The first-order valence-corrected chi connectivity index (χ1v) is 8.84. The first-order valence-electron chi connectivity index (χ1n) is 8.84. The summed E-state index contributed by atoms with van der Waals surface area (Å²) in [6.45, 7) is 4.34. The number of hydrogen-bond acceptors (Lipinski definition) is 2. The Morgan fingerprint density at radius 2 is 1.62 bits per heavy atom. The lowest BCUT2D eigenvalue weighted by Gasteiger charge is -2.17. The number of likely N-dealkylation sites (tertiary alicyclic amines) is 1. The Bertz CT molecular complexity index is 797. The van der Waals surface area contributed by atoms with Gasteiger partial charge in [0, 0.05) is 32.2 Å². The third-order valence-electron chi connectivity index (χ3n) is 4.93. The van der Waals surface area contributed by atoms with Crippen LogP contribution in [0.4, 0.5) is 0 Å². The summed E-state index contributed by atoms with van der Waals surface area (Å²) in [6.07, 6.45) is 1.24. The summed E-state index contributed by atoms with van der Waals surface area (Å²) in [5.74, 6) is 0. The van der Waals surface area contributed by atoms with Gasteiger partial charge in [-0.05, 0) is 34.4 Å². The summed E-state index contributed by atoms with van der Waals surface area (Å²) >= 11 is 0. The molecule has 2 heteroatoms. The molecule has 0 unspecified atom stereocenters. The van der Waals surface area contributed by atoms with Crippen molar-refractivity contribution in [2.75, 3.05) is 13.1 Å². The van der Waals surface area contributed by atoms with E-state index >= 15 is 0 Å². The van der Waals surface area contributed by atoms with Crippen LogP contribution < -0.4 is 5.32 Å². The van der Waals surface area contributed by atoms with Gasteiger partial charge in [-0.25, -0.2) is 0 Å². The highest BCUT2D eigenvalue weighted by molar-refractivity contribution is 5.82. The molecule has 2 nitrogen and oxygen atoms in total. The minimum atomic E-state index is 0.597. The topological polar surface area (TPSA) is 15.3 Å². The number of nitrogens with zero attached hydrogens (tertiary/aromatic N) is 1. The van der Waals surface area contributed by atoms with E-state index in [0.29, 0.717) is 6.04 Å².